The fraction of sp³-hybridized carbons (Fsp3) is 0.438. The summed E-state index contributed by atoms with van der Waals surface area (Å²) in [6, 6.07) is 3.53. The molecule has 1 fully saturated rings. The van der Waals surface area contributed by atoms with Crippen LogP contribution in [0.15, 0.2) is 35.5 Å². The van der Waals surface area contributed by atoms with Crippen LogP contribution in [0.1, 0.15) is 12.8 Å². The van der Waals surface area contributed by atoms with Crippen molar-refractivity contribution in [3.05, 3.63) is 46.1 Å². The van der Waals surface area contributed by atoms with Gasteiger partial charge in [-0.3, -0.25) is 4.79 Å². The minimum absolute atomic E-state index is 0.0677. The number of aromatic nitrogens is 3. The molecule has 0 spiro atoms. The van der Waals surface area contributed by atoms with Crippen molar-refractivity contribution in [2.45, 2.75) is 12.8 Å². The summed E-state index contributed by atoms with van der Waals surface area (Å²) in [7, 11) is 1.74. The molecule has 1 aliphatic rings. The molecule has 3 rings (SSSR count). The van der Waals surface area contributed by atoms with Crippen LogP contribution < -0.4 is 15.2 Å². The van der Waals surface area contributed by atoms with Crippen LogP contribution in [0.4, 0.5) is 5.82 Å². The molecule has 23 heavy (non-hydrogen) atoms. The summed E-state index contributed by atoms with van der Waals surface area (Å²) in [6.07, 6.45) is 7.04. The van der Waals surface area contributed by atoms with Crippen LogP contribution in [0.25, 0.3) is 0 Å². The predicted octanol–water partition coefficient (Wildman–Crippen LogP) is 2.12. The normalized spacial score (nSPS) is 18.0. The van der Waals surface area contributed by atoms with E-state index >= 15 is 0 Å². The van der Waals surface area contributed by atoms with Gasteiger partial charge in [0.1, 0.15) is 5.02 Å². The Morgan fingerprint density at radius 3 is 3.09 bits per heavy atom. The summed E-state index contributed by atoms with van der Waals surface area (Å²) in [5.41, 5.74) is -0.0677. The molecule has 0 aromatic carbocycles. The summed E-state index contributed by atoms with van der Waals surface area (Å²) in [5, 5.41) is 0.513. The van der Waals surface area contributed by atoms with Gasteiger partial charge in [0.05, 0.1) is 6.61 Å². The van der Waals surface area contributed by atoms with E-state index in [0.29, 0.717) is 29.2 Å². The molecule has 0 N–H and O–H groups in total. The Kier molecular flexibility index (Phi) is 4.81. The Bertz CT molecular complexity index is 734. The van der Waals surface area contributed by atoms with Gasteiger partial charge in [-0.2, -0.15) is 0 Å². The molecule has 0 amide bonds. The lowest BCUT2D eigenvalue weighted by Crippen LogP contribution is -2.41. The average Bonchev–Trinajstić information content (AvgIpc) is 2.57. The number of rotatable bonds is 4. The summed E-state index contributed by atoms with van der Waals surface area (Å²) in [5.74, 6) is 1.28. The number of pyridine rings is 1. The molecule has 122 valence electrons. The van der Waals surface area contributed by atoms with Crippen molar-refractivity contribution < 1.29 is 4.74 Å². The first-order valence-corrected chi connectivity index (χ1v) is 8.03. The summed E-state index contributed by atoms with van der Waals surface area (Å²) < 4.78 is 7.29. The number of hydrogen-bond acceptors (Lipinski definition) is 5. The smallest absolute Gasteiger partial charge is 0.293 e. The van der Waals surface area contributed by atoms with Crippen LogP contribution in [0.3, 0.4) is 0 Å². The Hall–Kier alpha value is -2.08. The Morgan fingerprint density at radius 2 is 2.26 bits per heavy atom. The average molecular weight is 335 g/mol. The highest BCUT2D eigenvalue weighted by molar-refractivity contribution is 6.31. The molecule has 3 heterocycles. The van der Waals surface area contributed by atoms with E-state index in [1.54, 1.807) is 42.3 Å². The van der Waals surface area contributed by atoms with Gasteiger partial charge in [-0.15, -0.1) is 0 Å². The van der Waals surface area contributed by atoms with Gasteiger partial charge in [0.2, 0.25) is 5.88 Å². The highest BCUT2D eigenvalue weighted by Gasteiger charge is 2.23. The molecule has 0 radical (unpaired) electrons. The number of hydrogen-bond donors (Lipinski definition) is 0. The van der Waals surface area contributed by atoms with E-state index in [0.717, 1.165) is 25.9 Å². The molecule has 7 heteroatoms. The fourth-order valence-electron chi connectivity index (χ4n) is 2.77. The Balaban J connectivity index is 1.66. The molecule has 0 aliphatic carbocycles. The maximum atomic E-state index is 12.2. The lowest BCUT2D eigenvalue weighted by Gasteiger charge is -2.32. The molecular formula is C16H19ClN4O2. The highest BCUT2D eigenvalue weighted by Crippen LogP contribution is 2.23. The third kappa shape index (κ3) is 3.64. The molecule has 1 atom stereocenters. The zero-order chi connectivity index (χ0) is 16.2. The van der Waals surface area contributed by atoms with Crippen molar-refractivity contribution in [1.29, 1.82) is 0 Å². The first-order valence-electron chi connectivity index (χ1n) is 7.65. The number of ether oxygens (including phenoxy) is 1. The second kappa shape index (κ2) is 7.00. The van der Waals surface area contributed by atoms with Crippen molar-refractivity contribution in [3.8, 4) is 5.88 Å². The monoisotopic (exact) mass is 334 g/mol. The molecule has 0 saturated carbocycles. The Labute approximate surface area is 139 Å². The number of halogens is 1. The van der Waals surface area contributed by atoms with Crippen molar-refractivity contribution in [2.75, 3.05) is 24.6 Å². The van der Waals surface area contributed by atoms with Gasteiger partial charge in [0.15, 0.2) is 5.82 Å². The van der Waals surface area contributed by atoms with E-state index in [-0.39, 0.29) is 5.56 Å². The van der Waals surface area contributed by atoms with Crippen molar-refractivity contribution in [3.63, 3.8) is 0 Å². The van der Waals surface area contributed by atoms with E-state index < -0.39 is 0 Å². The SMILES string of the molecule is Cn1ccnc(N2CCCC(COc3ncccc3Cl)C2)c1=O. The van der Waals surface area contributed by atoms with E-state index in [4.69, 9.17) is 16.3 Å². The van der Waals surface area contributed by atoms with E-state index in [9.17, 15) is 4.79 Å². The zero-order valence-electron chi connectivity index (χ0n) is 13.0. The summed E-state index contributed by atoms with van der Waals surface area (Å²) >= 11 is 6.05. The van der Waals surface area contributed by atoms with Crippen LogP contribution in [-0.2, 0) is 7.05 Å². The van der Waals surface area contributed by atoms with Crippen LogP contribution in [0.5, 0.6) is 5.88 Å². The second-order valence-electron chi connectivity index (χ2n) is 5.72. The summed E-state index contributed by atoms with van der Waals surface area (Å²) in [6.45, 7) is 2.12. The summed E-state index contributed by atoms with van der Waals surface area (Å²) in [4.78, 5) is 22.6. The first-order chi connectivity index (χ1) is 11.1. The van der Waals surface area contributed by atoms with Gasteiger partial charge in [-0.05, 0) is 25.0 Å². The number of piperidine rings is 1. The van der Waals surface area contributed by atoms with Crippen LogP contribution in [0, 0.1) is 5.92 Å². The van der Waals surface area contributed by atoms with Crippen LogP contribution in [-0.4, -0.2) is 34.2 Å². The maximum absolute atomic E-state index is 12.2. The third-order valence-corrected chi connectivity index (χ3v) is 4.29. The highest BCUT2D eigenvalue weighted by atomic mass is 35.5. The first kappa shape index (κ1) is 15.8. The Morgan fingerprint density at radius 1 is 1.39 bits per heavy atom. The molecule has 1 aliphatic heterocycles. The second-order valence-corrected chi connectivity index (χ2v) is 6.13. The number of nitrogens with zero attached hydrogens (tertiary/aromatic N) is 4. The fourth-order valence-corrected chi connectivity index (χ4v) is 2.95. The lowest BCUT2D eigenvalue weighted by atomic mass is 9.99. The zero-order valence-corrected chi connectivity index (χ0v) is 13.7. The van der Waals surface area contributed by atoms with E-state index in [1.807, 2.05) is 4.90 Å². The minimum atomic E-state index is -0.0677. The third-order valence-electron chi connectivity index (χ3n) is 4.00. The van der Waals surface area contributed by atoms with Gasteiger partial charge >= 0.3 is 0 Å². The van der Waals surface area contributed by atoms with Crippen molar-refractivity contribution in [1.82, 2.24) is 14.5 Å². The number of aryl methyl sites for hydroxylation is 1. The van der Waals surface area contributed by atoms with Gasteiger partial charge in [0.25, 0.3) is 5.56 Å². The molecule has 6 nitrogen and oxygen atoms in total. The quantitative estimate of drug-likeness (QED) is 0.857. The van der Waals surface area contributed by atoms with Crippen molar-refractivity contribution >= 4 is 17.4 Å². The van der Waals surface area contributed by atoms with E-state index in [1.165, 1.54) is 0 Å². The maximum Gasteiger partial charge on any atom is 0.293 e. The van der Waals surface area contributed by atoms with Crippen molar-refractivity contribution in [2.24, 2.45) is 13.0 Å². The van der Waals surface area contributed by atoms with E-state index in [2.05, 4.69) is 9.97 Å². The largest absolute Gasteiger partial charge is 0.476 e. The molecule has 2 aromatic rings. The van der Waals surface area contributed by atoms with Gasteiger partial charge in [0, 0.05) is 44.6 Å². The van der Waals surface area contributed by atoms with Gasteiger partial charge in [-0.25, -0.2) is 9.97 Å². The standard InChI is InChI=1S/C16H19ClN4O2/c1-20-9-7-18-14(16(20)22)21-8-3-4-12(10-21)11-23-15-13(17)5-2-6-19-15/h2,5-7,9,12H,3-4,8,10-11H2,1H3. The molecule has 1 unspecified atom stereocenters. The predicted molar refractivity (Wildman–Crippen MR) is 89.2 cm³/mol. The number of anilines is 1. The molecular weight excluding hydrogens is 316 g/mol. The molecule has 2 aromatic heterocycles. The van der Waals surface area contributed by atoms with Crippen LogP contribution in [0.2, 0.25) is 5.02 Å². The topological polar surface area (TPSA) is 60.3 Å². The molecule has 1 saturated heterocycles. The van der Waals surface area contributed by atoms with Crippen LogP contribution >= 0.6 is 11.6 Å². The molecule has 0 bridgehead atoms. The van der Waals surface area contributed by atoms with Gasteiger partial charge < -0.3 is 14.2 Å². The lowest BCUT2D eigenvalue weighted by molar-refractivity contribution is 0.221. The minimum Gasteiger partial charge on any atom is -0.476 e. The van der Waals surface area contributed by atoms with Gasteiger partial charge in [-0.1, -0.05) is 11.6 Å².